The molecule has 0 aliphatic rings. The van der Waals surface area contributed by atoms with E-state index in [-0.39, 0.29) is 138 Å². The molecule has 3 heterocycles. The maximum Gasteiger partial charge on any atom is 1.00 e. The van der Waals surface area contributed by atoms with Gasteiger partial charge in [0.05, 0.1) is 46.4 Å². The number of carbonyl (C=O) groups is 3. The van der Waals surface area contributed by atoms with Crippen molar-refractivity contribution in [1.82, 2.24) is 30.6 Å². The normalized spacial score (nSPS) is 11.7. The number of ether oxygens (including phenoxy) is 6. The number of benzene rings is 6. The Labute approximate surface area is 620 Å². The van der Waals surface area contributed by atoms with E-state index in [1.54, 1.807) is 0 Å². The van der Waals surface area contributed by atoms with Crippen LogP contribution < -0.4 is 117 Å². The summed E-state index contributed by atoms with van der Waals surface area (Å²) in [7, 11) is -27.2. The van der Waals surface area contributed by atoms with E-state index in [0.29, 0.717) is 0 Å². The van der Waals surface area contributed by atoms with Gasteiger partial charge in [-0.2, -0.15) is 40.6 Å². The monoisotopic (exact) mass is 1520 g/mol. The molecule has 0 spiro atoms. The van der Waals surface area contributed by atoms with Crippen LogP contribution >= 0.6 is 0 Å². The maximum absolute atomic E-state index is 11.9. The number of hydrogen-bond donors (Lipinski definition) is 9. The SMILES string of the molecule is O=C(Oc1ccc(S(=O)(=O)[O-])cc1)Oc1n[nH]c(O)c1N=Nc1ccc(S(=O)(=O)O)cc1.O=C(Oc1ccc(S(=O)(=O)[O-])cc1)Oc1n[nH]c(O)c1N=Nc1ccc(S(=O)(=O)O)cc1.O=C(Oc1ccc(S(=O)(=O)[O-])cc1)Oc1n[nH]c(O)c1N=Nc1ccc(S(=O)(=O)O)cc1.[Na+].[Na+].[Na+]. The van der Waals surface area contributed by atoms with Crippen molar-refractivity contribution in [2.75, 3.05) is 0 Å². The van der Waals surface area contributed by atoms with Crippen molar-refractivity contribution in [1.29, 1.82) is 0 Å². The van der Waals surface area contributed by atoms with Gasteiger partial charge in [-0.1, -0.05) is 0 Å². The van der Waals surface area contributed by atoms with Crippen LogP contribution in [-0.2, 0) is 60.7 Å². The molecular formula is C48H33N12Na3O30S6. The number of aromatic hydroxyl groups is 3. The van der Waals surface area contributed by atoms with Gasteiger partial charge < -0.3 is 57.4 Å². The van der Waals surface area contributed by atoms with E-state index >= 15 is 0 Å². The molecule has 9 rings (SSSR count). The zero-order valence-corrected chi connectivity index (χ0v) is 60.2. The zero-order chi connectivity index (χ0) is 70.6. The second-order valence-electron chi connectivity index (χ2n) is 17.3. The molecule has 0 amide bonds. The molecule has 0 aliphatic heterocycles. The molecule has 0 atom stereocenters. The summed E-state index contributed by atoms with van der Waals surface area (Å²) < 4.78 is 220. The Hall–Kier alpha value is -8.58. The standard InChI is InChI=1S/3C16H12N4O10S2.3Na/c3*21-14-13(18-17-9-1-5-11(6-2-9)31(23,24)25)15(20-19-14)30-16(22)29-10-3-7-12(8-4-10)32(26,27)28;;;/h3*1-8H,(H2,19,20,21)(H,23,24,25)(H,26,27,28);;;/q;;;3*+1/p-3. The van der Waals surface area contributed by atoms with Crippen molar-refractivity contribution in [2.45, 2.75) is 29.4 Å². The molecule has 6 aromatic carbocycles. The molecular weight excluding hydrogens is 1490 g/mol. The predicted molar refractivity (Wildman–Crippen MR) is 305 cm³/mol. The molecule has 42 nitrogen and oxygen atoms in total. The summed E-state index contributed by atoms with van der Waals surface area (Å²) in [6.07, 6.45) is -3.99. The Bertz CT molecular complexity index is 4670. The van der Waals surface area contributed by atoms with Gasteiger partial charge in [-0.05, 0) is 146 Å². The summed E-state index contributed by atoms with van der Waals surface area (Å²) in [5, 5.41) is 68.3. The molecule has 0 unspecified atom stereocenters. The molecule has 9 aromatic rings. The van der Waals surface area contributed by atoms with Crippen LogP contribution in [0, 0.1) is 0 Å². The smallest absolute Gasteiger partial charge is 0.744 e. The van der Waals surface area contributed by atoms with E-state index in [9.17, 15) is 93.9 Å². The molecule has 51 heteroatoms. The summed E-state index contributed by atoms with van der Waals surface area (Å²) in [5.74, 6) is -3.86. The summed E-state index contributed by atoms with van der Waals surface area (Å²) in [6.45, 7) is 0. The molecule has 3 aromatic heterocycles. The molecule has 0 saturated carbocycles. The summed E-state index contributed by atoms with van der Waals surface area (Å²) in [6, 6.07) is 25.5. The van der Waals surface area contributed by atoms with Gasteiger partial charge in [-0.3, -0.25) is 13.7 Å². The average molecular weight is 1520 g/mol. The topological polar surface area (TPSA) is 662 Å². The second-order valence-corrected chi connectivity index (χ2v) is 25.7. The first-order valence-electron chi connectivity index (χ1n) is 24.5. The molecule has 504 valence electrons. The fourth-order valence-corrected chi connectivity index (χ4v) is 9.25. The summed E-state index contributed by atoms with van der Waals surface area (Å²) in [4.78, 5) is 33.1. The second kappa shape index (κ2) is 35.0. The van der Waals surface area contributed by atoms with Crippen molar-refractivity contribution >= 4 is 113 Å². The van der Waals surface area contributed by atoms with Crippen LogP contribution in [0.5, 0.6) is 52.5 Å². The first kappa shape index (κ1) is 82.8. The Morgan fingerprint density at radius 1 is 0.313 bits per heavy atom. The average Bonchev–Trinajstić information content (AvgIpc) is 1.63. The van der Waals surface area contributed by atoms with Crippen molar-refractivity contribution in [2.24, 2.45) is 30.7 Å². The van der Waals surface area contributed by atoms with Crippen LogP contribution in [0.2, 0.25) is 0 Å². The van der Waals surface area contributed by atoms with Gasteiger partial charge >= 0.3 is 107 Å². The minimum atomic E-state index is -4.67. The number of carbonyl (C=O) groups excluding carboxylic acids is 3. The van der Waals surface area contributed by atoms with Gasteiger partial charge in [0.2, 0.25) is 34.7 Å². The predicted octanol–water partition coefficient (Wildman–Crippen LogP) is -2.21. The number of aromatic nitrogens is 6. The molecule has 0 radical (unpaired) electrons. The van der Waals surface area contributed by atoms with E-state index in [2.05, 4.69) is 61.3 Å². The van der Waals surface area contributed by atoms with E-state index in [1.807, 2.05) is 0 Å². The van der Waals surface area contributed by atoms with Crippen LogP contribution in [0.4, 0.5) is 48.5 Å². The van der Waals surface area contributed by atoms with Crippen LogP contribution in [0.15, 0.2) is 206 Å². The van der Waals surface area contributed by atoms with E-state index in [0.717, 1.165) is 109 Å². The van der Waals surface area contributed by atoms with Gasteiger partial charge in [-0.15, -0.1) is 30.6 Å². The first-order chi connectivity index (χ1) is 44.8. The minimum absolute atomic E-state index is 0. The van der Waals surface area contributed by atoms with Crippen LogP contribution in [0.25, 0.3) is 0 Å². The third-order valence-corrected chi connectivity index (χ3v) is 15.9. The van der Waals surface area contributed by atoms with Gasteiger partial charge in [0.25, 0.3) is 48.0 Å². The Morgan fingerprint density at radius 2 is 0.505 bits per heavy atom. The van der Waals surface area contributed by atoms with Gasteiger partial charge in [0, 0.05) is 0 Å². The quantitative estimate of drug-likeness (QED) is 0.0145. The number of nitrogens with zero attached hydrogens (tertiary/aromatic N) is 9. The van der Waals surface area contributed by atoms with Crippen molar-refractivity contribution < 1.29 is 225 Å². The molecule has 0 bridgehead atoms. The van der Waals surface area contributed by atoms with Crippen molar-refractivity contribution in [3.63, 3.8) is 0 Å². The van der Waals surface area contributed by atoms with Crippen molar-refractivity contribution in [3.8, 4) is 52.5 Å². The zero-order valence-electron chi connectivity index (χ0n) is 49.3. The number of aromatic amines is 3. The first-order valence-corrected chi connectivity index (χ1v) is 33.0. The summed E-state index contributed by atoms with van der Waals surface area (Å²) >= 11 is 0. The third-order valence-electron chi connectivity index (χ3n) is 10.8. The minimum Gasteiger partial charge on any atom is -0.744 e. The molecule has 9 N–H and O–H groups in total. The van der Waals surface area contributed by atoms with Crippen LogP contribution in [0.3, 0.4) is 0 Å². The fourth-order valence-electron chi connectivity index (χ4n) is 6.41. The molecule has 0 aliphatic carbocycles. The van der Waals surface area contributed by atoms with Gasteiger partial charge in [-0.25, -0.2) is 54.9 Å². The van der Waals surface area contributed by atoms with Crippen molar-refractivity contribution in [3.05, 3.63) is 146 Å². The molecule has 0 saturated heterocycles. The third kappa shape index (κ3) is 25.0. The fraction of sp³-hybridized carbons (Fsp3) is 0. The van der Waals surface area contributed by atoms with E-state index in [1.165, 1.54) is 36.4 Å². The van der Waals surface area contributed by atoms with Crippen LogP contribution in [0.1, 0.15) is 0 Å². The number of hydrogen-bond acceptors (Lipinski definition) is 36. The maximum atomic E-state index is 11.9. The molecule has 99 heavy (non-hydrogen) atoms. The number of nitrogens with one attached hydrogen (secondary N) is 3. The Balaban J connectivity index is 0.000000311. The molecule has 0 fully saturated rings. The van der Waals surface area contributed by atoms with E-state index in [4.69, 9.17) is 42.1 Å². The number of rotatable bonds is 18. The van der Waals surface area contributed by atoms with Gasteiger partial charge in [0.1, 0.15) is 47.6 Å². The summed E-state index contributed by atoms with van der Waals surface area (Å²) in [5.41, 5.74) is -0.810. The van der Waals surface area contributed by atoms with Crippen LogP contribution in [-0.4, -0.2) is 142 Å². The van der Waals surface area contributed by atoms with Gasteiger partial charge in [0.15, 0.2) is 0 Å². The van der Waals surface area contributed by atoms with E-state index < -0.39 is 146 Å². The Kier molecular flexibility index (Phi) is 29.3. The largest absolute Gasteiger partial charge is 1.00 e. The number of H-pyrrole nitrogens is 3. The Morgan fingerprint density at radius 3 is 0.687 bits per heavy atom. The number of azo groups is 3.